The first-order chi connectivity index (χ1) is 10.3. The van der Waals surface area contributed by atoms with Gasteiger partial charge in [-0.25, -0.2) is 12.8 Å². The van der Waals surface area contributed by atoms with E-state index in [0.29, 0.717) is 19.6 Å². The molecule has 1 amide bonds. The average molecular weight is 329 g/mol. The highest BCUT2D eigenvalue weighted by molar-refractivity contribution is 7.89. The van der Waals surface area contributed by atoms with E-state index < -0.39 is 21.8 Å². The van der Waals surface area contributed by atoms with E-state index in [9.17, 15) is 17.6 Å². The van der Waals surface area contributed by atoms with Crippen LogP contribution in [-0.2, 0) is 14.8 Å². The molecule has 1 aliphatic rings. The van der Waals surface area contributed by atoms with E-state index in [1.54, 1.807) is 0 Å². The van der Waals surface area contributed by atoms with Crippen LogP contribution in [0.3, 0.4) is 0 Å². The summed E-state index contributed by atoms with van der Waals surface area (Å²) in [7, 11) is -0.355. The Balaban J connectivity index is 2.28. The summed E-state index contributed by atoms with van der Waals surface area (Å²) in [6.45, 7) is 1.44. The minimum Gasteiger partial charge on any atom is -0.359 e. The summed E-state index contributed by atoms with van der Waals surface area (Å²) in [4.78, 5) is 13.9. The van der Waals surface area contributed by atoms with Gasteiger partial charge in [-0.2, -0.15) is 4.31 Å². The molecule has 8 heteroatoms. The molecule has 122 valence electrons. The topological polar surface area (TPSA) is 69.7 Å². The van der Waals surface area contributed by atoms with Crippen molar-refractivity contribution < 1.29 is 17.6 Å². The van der Waals surface area contributed by atoms with E-state index in [1.807, 2.05) is 11.9 Å². The first kappa shape index (κ1) is 16.9. The Kier molecular flexibility index (Phi) is 5.15. The first-order valence-electron chi connectivity index (χ1n) is 7.00. The molecule has 1 aliphatic heterocycles. The molecule has 22 heavy (non-hydrogen) atoms. The van der Waals surface area contributed by atoms with E-state index in [0.717, 1.165) is 12.1 Å². The molecule has 1 saturated heterocycles. The van der Waals surface area contributed by atoms with Gasteiger partial charge in [0.15, 0.2) is 0 Å². The molecule has 1 unspecified atom stereocenters. The van der Waals surface area contributed by atoms with E-state index in [-0.39, 0.29) is 17.3 Å². The van der Waals surface area contributed by atoms with Crippen molar-refractivity contribution in [3.05, 3.63) is 30.1 Å². The van der Waals surface area contributed by atoms with Crippen LogP contribution >= 0.6 is 0 Å². The third-order valence-electron chi connectivity index (χ3n) is 3.76. The molecule has 0 spiro atoms. The molecule has 6 nitrogen and oxygen atoms in total. The van der Waals surface area contributed by atoms with E-state index in [1.165, 1.54) is 23.5 Å². The lowest BCUT2D eigenvalue weighted by atomic mass is 10.1. The van der Waals surface area contributed by atoms with Crippen molar-refractivity contribution in [2.24, 2.45) is 5.92 Å². The van der Waals surface area contributed by atoms with Crippen LogP contribution in [0.4, 0.5) is 4.39 Å². The van der Waals surface area contributed by atoms with Gasteiger partial charge in [-0.1, -0.05) is 0 Å². The smallest absolute Gasteiger partial charge is 0.243 e. The zero-order chi connectivity index (χ0) is 16.3. The van der Waals surface area contributed by atoms with Gasteiger partial charge in [0, 0.05) is 33.2 Å². The fraction of sp³-hybridized carbons (Fsp3) is 0.500. The third-order valence-corrected chi connectivity index (χ3v) is 5.64. The highest BCUT2D eigenvalue weighted by Crippen LogP contribution is 2.20. The van der Waals surface area contributed by atoms with Crippen molar-refractivity contribution in [1.82, 2.24) is 14.5 Å². The Morgan fingerprint density at radius 3 is 2.45 bits per heavy atom. The van der Waals surface area contributed by atoms with Gasteiger partial charge >= 0.3 is 0 Å². The normalized spacial score (nSPS) is 21.3. The van der Waals surface area contributed by atoms with E-state index >= 15 is 0 Å². The largest absolute Gasteiger partial charge is 0.359 e. The quantitative estimate of drug-likeness (QED) is 0.855. The van der Waals surface area contributed by atoms with Crippen molar-refractivity contribution in [3.8, 4) is 0 Å². The van der Waals surface area contributed by atoms with Crippen LogP contribution < -0.4 is 5.32 Å². The summed E-state index contributed by atoms with van der Waals surface area (Å²) in [6.07, 6.45) is 0. The number of carbonyl (C=O) groups excluding carboxylic acids is 1. The molecule has 0 saturated carbocycles. The molecule has 0 radical (unpaired) electrons. The summed E-state index contributed by atoms with van der Waals surface area (Å²) in [5.41, 5.74) is 0. The monoisotopic (exact) mass is 329 g/mol. The van der Waals surface area contributed by atoms with Crippen LogP contribution in [0.2, 0.25) is 0 Å². The number of carbonyl (C=O) groups is 1. The highest BCUT2D eigenvalue weighted by Gasteiger charge is 2.32. The lowest BCUT2D eigenvalue weighted by Crippen LogP contribution is -2.41. The molecule has 0 aromatic heterocycles. The first-order valence-corrected chi connectivity index (χ1v) is 8.44. The second-order valence-electron chi connectivity index (χ2n) is 5.39. The van der Waals surface area contributed by atoms with Gasteiger partial charge in [0.05, 0.1) is 10.8 Å². The number of nitrogens with zero attached hydrogens (tertiary/aromatic N) is 2. The fourth-order valence-electron chi connectivity index (χ4n) is 2.49. The Morgan fingerprint density at radius 2 is 1.86 bits per heavy atom. The van der Waals surface area contributed by atoms with Crippen molar-refractivity contribution in [2.75, 3.05) is 40.3 Å². The molecule has 1 fully saturated rings. The Labute approximate surface area is 130 Å². The van der Waals surface area contributed by atoms with Gasteiger partial charge in [-0.05, 0) is 31.3 Å². The molecule has 1 aromatic carbocycles. The summed E-state index contributed by atoms with van der Waals surface area (Å²) >= 11 is 0. The van der Waals surface area contributed by atoms with Crippen LogP contribution in [0, 0.1) is 11.7 Å². The van der Waals surface area contributed by atoms with E-state index in [2.05, 4.69) is 5.32 Å². The molecule has 1 atom stereocenters. The third kappa shape index (κ3) is 3.63. The van der Waals surface area contributed by atoms with Crippen molar-refractivity contribution in [2.45, 2.75) is 4.90 Å². The molecule has 0 bridgehead atoms. The molecule has 1 N–H and O–H groups in total. The standard InChI is InChI=1S/C14H20FN3O3S/c1-16-14(19)11-9-17(2)7-8-18(10-11)22(20,21)13-5-3-12(15)4-6-13/h3-6,11H,7-10H2,1-2H3,(H,16,19). The molecular formula is C14H20FN3O3S. The summed E-state index contributed by atoms with van der Waals surface area (Å²) in [5, 5.41) is 2.57. The van der Waals surface area contributed by atoms with Crippen LogP contribution in [0.15, 0.2) is 29.2 Å². The van der Waals surface area contributed by atoms with Gasteiger partial charge in [0.25, 0.3) is 0 Å². The molecule has 1 heterocycles. The second-order valence-corrected chi connectivity index (χ2v) is 7.33. The lowest BCUT2D eigenvalue weighted by Gasteiger charge is -2.22. The summed E-state index contributed by atoms with van der Waals surface area (Å²) in [6, 6.07) is 4.72. The SMILES string of the molecule is CNC(=O)C1CN(C)CCN(S(=O)(=O)c2ccc(F)cc2)C1. The fourth-order valence-corrected chi connectivity index (χ4v) is 3.96. The molecule has 2 rings (SSSR count). The van der Waals surface area contributed by atoms with Crippen LogP contribution in [0.25, 0.3) is 0 Å². The van der Waals surface area contributed by atoms with Crippen LogP contribution in [0.5, 0.6) is 0 Å². The van der Waals surface area contributed by atoms with Crippen LogP contribution in [0.1, 0.15) is 0 Å². The number of likely N-dealkylation sites (N-methyl/N-ethyl adjacent to an activating group) is 1. The van der Waals surface area contributed by atoms with E-state index in [4.69, 9.17) is 0 Å². The zero-order valence-electron chi connectivity index (χ0n) is 12.6. The molecule has 0 aliphatic carbocycles. The lowest BCUT2D eigenvalue weighted by molar-refractivity contribution is -0.124. The highest BCUT2D eigenvalue weighted by atomic mass is 32.2. The predicted molar refractivity (Wildman–Crippen MR) is 80.2 cm³/mol. The molecule has 1 aromatic rings. The van der Waals surface area contributed by atoms with Gasteiger partial charge in [-0.3, -0.25) is 4.79 Å². The number of halogens is 1. The minimum atomic E-state index is -3.74. The maximum Gasteiger partial charge on any atom is 0.243 e. The zero-order valence-corrected chi connectivity index (χ0v) is 13.4. The van der Waals surface area contributed by atoms with Gasteiger partial charge in [0.1, 0.15) is 5.82 Å². The van der Waals surface area contributed by atoms with Crippen LogP contribution in [-0.4, -0.2) is 63.8 Å². The Bertz CT molecular complexity index is 633. The summed E-state index contributed by atoms with van der Waals surface area (Å²) in [5.74, 6) is -1.11. The van der Waals surface area contributed by atoms with Crippen molar-refractivity contribution in [1.29, 1.82) is 0 Å². The van der Waals surface area contributed by atoms with Gasteiger partial charge in [-0.15, -0.1) is 0 Å². The number of sulfonamides is 1. The maximum absolute atomic E-state index is 13.0. The number of benzene rings is 1. The number of hydrogen-bond donors (Lipinski definition) is 1. The molecular weight excluding hydrogens is 309 g/mol. The van der Waals surface area contributed by atoms with Crippen molar-refractivity contribution in [3.63, 3.8) is 0 Å². The number of rotatable bonds is 3. The second kappa shape index (κ2) is 6.72. The summed E-state index contributed by atoms with van der Waals surface area (Å²) < 4.78 is 39.6. The number of amides is 1. The van der Waals surface area contributed by atoms with Gasteiger partial charge in [0.2, 0.25) is 15.9 Å². The number of nitrogens with one attached hydrogen (secondary N) is 1. The number of hydrogen-bond acceptors (Lipinski definition) is 4. The van der Waals surface area contributed by atoms with Gasteiger partial charge < -0.3 is 10.2 Å². The van der Waals surface area contributed by atoms with Crippen molar-refractivity contribution >= 4 is 15.9 Å². The average Bonchev–Trinajstić information content (AvgIpc) is 2.69. The Morgan fingerprint density at radius 1 is 1.23 bits per heavy atom. The Hall–Kier alpha value is -1.51. The maximum atomic E-state index is 13.0. The predicted octanol–water partition coefficient (Wildman–Crippen LogP) is 0.124. The minimum absolute atomic E-state index is 0.0362.